The first-order valence-electron chi connectivity index (χ1n) is 8.50. The predicted octanol–water partition coefficient (Wildman–Crippen LogP) is 3.15. The highest BCUT2D eigenvalue weighted by molar-refractivity contribution is 7.89. The van der Waals surface area contributed by atoms with Crippen LogP contribution in [0, 0.1) is 5.82 Å². The fourth-order valence-electron chi connectivity index (χ4n) is 2.84. The lowest BCUT2D eigenvalue weighted by Gasteiger charge is -2.15. The lowest BCUT2D eigenvalue weighted by Crippen LogP contribution is -2.27. The van der Waals surface area contributed by atoms with Gasteiger partial charge in [0.1, 0.15) is 11.6 Å². The quantitative estimate of drug-likeness (QED) is 0.573. The number of hydrogen-bond acceptors (Lipinski definition) is 4. The van der Waals surface area contributed by atoms with Crippen molar-refractivity contribution in [3.63, 3.8) is 0 Å². The molecule has 0 amide bonds. The molecule has 3 rings (SSSR count). The maximum atomic E-state index is 12.8. The van der Waals surface area contributed by atoms with E-state index in [0.717, 1.165) is 18.4 Å². The number of nitrogens with zero attached hydrogens (tertiary/aromatic N) is 1. The van der Waals surface area contributed by atoms with Gasteiger partial charge in [0.25, 0.3) is 0 Å². The van der Waals surface area contributed by atoms with E-state index in [1.165, 1.54) is 28.6 Å². The van der Waals surface area contributed by atoms with Gasteiger partial charge in [-0.2, -0.15) is 4.31 Å². The number of ether oxygens (including phenoxy) is 1. The third-order valence-electron chi connectivity index (χ3n) is 4.29. The van der Waals surface area contributed by atoms with Gasteiger partial charge in [-0.05, 0) is 61.2 Å². The number of carbonyl (C=O) groups is 1. The largest absolute Gasteiger partial charge is 0.427 e. The summed E-state index contributed by atoms with van der Waals surface area (Å²) in [5.74, 6) is -0.525. The monoisotopic (exact) mass is 377 g/mol. The van der Waals surface area contributed by atoms with Crippen molar-refractivity contribution >= 4 is 16.0 Å². The first-order valence-corrected chi connectivity index (χ1v) is 9.94. The Bertz CT molecular complexity index is 857. The van der Waals surface area contributed by atoms with E-state index in [-0.39, 0.29) is 11.3 Å². The van der Waals surface area contributed by atoms with Crippen molar-refractivity contribution < 1.29 is 22.3 Å². The second kappa shape index (κ2) is 7.97. The first-order chi connectivity index (χ1) is 12.4. The minimum atomic E-state index is -3.42. The molecule has 138 valence electrons. The zero-order valence-electron chi connectivity index (χ0n) is 14.2. The zero-order valence-corrected chi connectivity index (χ0v) is 15.0. The van der Waals surface area contributed by atoms with E-state index in [9.17, 15) is 17.6 Å². The van der Waals surface area contributed by atoms with Crippen molar-refractivity contribution in [1.82, 2.24) is 4.31 Å². The van der Waals surface area contributed by atoms with Crippen molar-refractivity contribution in [3.8, 4) is 5.75 Å². The highest BCUT2D eigenvalue weighted by Crippen LogP contribution is 2.21. The number of carbonyl (C=O) groups excluding carboxylic acids is 1. The van der Waals surface area contributed by atoms with Crippen LogP contribution in [0.3, 0.4) is 0 Å². The molecule has 0 radical (unpaired) electrons. The lowest BCUT2D eigenvalue weighted by atomic mass is 10.1. The average molecular weight is 377 g/mol. The van der Waals surface area contributed by atoms with Gasteiger partial charge >= 0.3 is 5.97 Å². The Kier molecular flexibility index (Phi) is 5.68. The van der Waals surface area contributed by atoms with E-state index < -0.39 is 21.8 Å². The fourth-order valence-corrected chi connectivity index (χ4v) is 4.35. The summed E-state index contributed by atoms with van der Waals surface area (Å²) >= 11 is 0. The summed E-state index contributed by atoms with van der Waals surface area (Å²) in [5, 5.41) is 0. The summed E-state index contributed by atoms with van der Waals surface area (Å²) in [4.78, 5) is 12.1. The molecule has 5 nitrogen and oxygen atoms in total. The predicted molar refractivity (Wildman–Crippen MR) is 94.8 cm³/mol. The Morgan fingerprint density at radius 1 is 1.00 bits per heavy atom. The molecule has 1 fully saturated rings. The standard InChI is InChI=1S/C19H20FNO4S/c20-16-6-8-17(9-7-16)25-19(22)12-5-15-3-10-18(11-4-15)26(23,24)21-13-1-2-14-21/h3-4,6-11H,1-2,5,12-14H2. The van der Waals surface area contributed by atoms with E-state index in [1.807, 2.05) is 0 Å². The van der Waals surface area contributed by atoms with E-state index in [2.05, 4.69) is 0 Å². The SMILES string of the molecule is O=C(CCc1ccc(S(=O)(=O)N2CCCC2)cc1)Oc1ccc(F)cc1. The molecule has 0 unspecified atom stereocenters. The zero-order chi connectivity index (χ0) is 18.6. The van der Waals surface area contributed by atoms with Gasteiger partial charge in [0.05, 0.1) is 4.90 Å². The van der Waals surface area contributed by atoms with Crippen molar-refractivity contribution in [1.29, 1.82) is 0 Å². The van der Waals surface area contributed by atoms with Crippen LogP contribution in [0.15, 0.2) is 53.4 Å². The molecule has 0 aliphatic carbocycles. The van der Waals surface area contributed by atoms with Gasteiger partial charge in [-0.3, -0.25) is 4.79 Å². The van der Waals surface area contributed by atoms with Crippen LogP contribution in [-0.2, 0) is 21.2 Å². The molecule has 0 atom stereocenters. The van der Waals surface area contributed by atoms with Gasteiger partial charge < -0.3 is 4.74 Å². The molecular weight excluding hydrogens is 357 g/mol. The number of rotatable bonds is 6. The van der Waals surface area contributed by atoms with Crippen LogP contribution in [0.25, 0.3) is 0 Å². The Morgan fingerprint density at radius 3 is 2.23 bits per heavy atom. The van der Waals surface area contributed by atoms with Crippen molar-refractivity contribution in [3.05, 3.63) is 59.9 Å². The summed E-state index contributed by atoms with van der Waals surface area (Å²) in [6, 6.07) is 11.8. The number of benzene rings is 2. The maximum Gasteiger partial charge on any atom is 0.311 e. The number of halogens is 1. The van der Waals surface area contributed by atoms with Crippen LogP contribution in [0.1, 0.15) is 24.8 Å². The van der Waals surface area contributed by atoms with Gasteiger partial charge in [0, 0.05) is 19.5 Å². The Labute approximate surface area is 152 Å². The Hall–Kier alpha value is -2.25. The highest BCUT2D eigenvalue weighted by atomic mass is 32.2. The number of aryl methyl sites for hydroxylation is 1. The normalized spacial score (nSPS) is 15.1. The molecule has 1 heterocycles. The third kappa shape index (κ3) is 4.47. The second-order valence-corrected chi connectivity index (χ2v) is 8.12. The first kappa shape index (κ1) is 18.5. The molecule has 0 bridgehead atoms. The number of hydrogen-bond donors (Lipinski definition) is 0. The Balaban J connectivity index is 1.55. The molecular formula is C19H20FNO4S. The topological polar surface area (TPSA) is 63.7 Å². The van der Waals surface area contributed by atoms with Crippen LogP contribution < -0.4 is 4.74 Å². The molecule has 2 aromatic carbocycles. The van der Waals surface area contributed by atoms with E-state index >= 15 is 0 Å². The highest BCUT2D eigenvalue weighted by Gasteiger charge is 2.26. The third-order valence-corrected chi connectivity index (χ3v) is 6.20. The molecule has 1 aliphatic heterocycles. The molecule has 2 aromatic rings. The van der Waals surface area contributed by atoms with Gasteiger partial charge in [0.15, 0.2) is 0 Å². The molecule has 0 spiro atoms. The van der Waals surface area contributed by atoms with Crippen LogP contribution in [-0.4, -0.2) is 31.8 Å². The van der Waals surface area contributed by atoms with Gasteiger partial charge in [-0.15, -0.1) is 0 Å². The second-order valence-electron chi connectivity index (χ2n) is 6.18. The molecule has 26 heavy (non-hydrogen) atoms. The number of sulfonamides is 1. The van der Waals surface area contributed by atoms with Crippen LogP contribution in [0.4, 0.5) is 4.39 Å². The van der Waals surface area contributed by atoms with Gasteiger partial charge in [-0.25, -0.2) is 12.8 Å². The summed E-state index contributed by atoms with van der Waals surface area (Å²) in [7, 11) is -3.42. The smallest absolute Gasteiger partial charge is 0.311 e. The molecule has 0 saturated carbocycles. The van der Waals surface area contributed by atoms with Crippen LogP contribution in [0.5, 0.6) is 5.75 Å². The molecule has 0 N–H and O–H groups in total. The average Bonchev–Trinajstić information content (AvgIpc) is 3.18. The fraction of sp³-hybridized carbons (Fsp3) is 0.316. The molecule has 0 aromatic heterocycles. The lowest BCUT2D eigenvalue weighted by molar-refractivity contribution is -0.134. The van der Waals surface area contributed by atoms with E-state index in [1.54, 1.807) is 24.3 Å². The summed E-state index contributed by atoms with van der Waals surface area (Å²) < 4.78 is 44.4. The Morgan fingerprint density at radius 2 is 1.62 bits per heavy atom. The van der Waals surface area contributed by atoms with Crippen molar-refractivity contribution in [2.75, 3.05) is 13.1 Å². The van der Waals surface area contributed by atoms with Gasteiger partial charge in [-0.1, -0.05) is 12.1 Å². The molecule has 1 saturated heterocycles. The van der Waals surface area contributed by atoms with E-state index in [4.69, 9.17) is 4.74 Å². The van der Waals surface area contributed by atoms with Crippen LogP contribution in [0.2, 0.25) is 0 Å². The number of esters is 1. The van der Waals surface area contributed by atoms with Crippen LogP contribution >= 0.6 is 0 Å². The van der Waals surface area contributed by atoms with E-state index in [0.29, 0.717) is 25.3 Å². The summed E-state index contributed by atoms with van der Waals surface area (Å²) in [6.07, 6.45) is 2.38. The molecule has 1 aliphatic rings. The summed E-state index contributed by atoms with van der Waals surface area (Å²) in [5.41, 5.74) is 0.849. The summed E-state index contributed by atoms with van der Waals surface area (Å²) in [6.45, 7) is 1.14. The maximum absolute atomic E-state index is 12.8. The minimum absolute atomic E-state index is 0.148. The van der Waals surface area contributed by atoms with Crippen molar-refractivity contribution in [2.45, 2.75) is 30.6 Å². The minimum Gasteiger partial charge on any atom is -0.427 e. The van der Waals surface area contributed by atoms with Crippen molar-refractivity contribution in [2.24, 2.45) is 0 Å². The van der Waals surface area contributed by atoms with Gasteiger partial charge in [0.2, 0.25) is 10.0 Å². The molecule has 7 heteroatoms.